The molecule has 0 unspecified atom stereocenters. The van der Waals surface area contributed by atoms with Crippen LogP contribution in [0.5, 0.6) is 0 Å². The Labute approximate surface area is 196 Å². The van der Waals surface area contributed by atoms with Crippen molar-refractivity contribution >= 4 is 35.4 Å². The van der Waals surface area contributed by atoms with Crippen LogP contribution in [0.4, 0.5) is 11.5 Å². The van der Waals surface area contributed by atoms with Gasteiger partial charge in [0.1, 0.15) is 0 Å². The quantitative estimate of drug-likeness (QED) is 0.165. The lowest BCUT2D eigenvalue weighted by atomic mass is 10.2. The van der Waals surface area contributed by atoms with E-state index >= 15 is 0 Å². The van der Waals surface area contributed by atoms with Gasteiger partial charge in [-0.15, -0.1) is 16.9 Å². The number of nitrogens with one attached hydrogen (secondary N) is 1. The number of anilines is 1. The van der Waals surface area contributed by atoms with Crippen LogP contribution in [0.1, 0.15) is 27.3 Å². The number of hydrogen-bond donors (Lipinski definition) is 2. The van der Waals surface area contributed by atoms with Gasteiger partial charge in [0.25, 0.3) is 11.6 Å². The number of amides is 1. The molecule has 2 heterocycles. The summed E-state index contributed by atoms with van der Waals surface area (Å²) in [6, 6.07) is 13.7. The highest BCUT2D eigenvalue weighted by molar-refractivity contribution is 7.98. The zero-order valence-corrected chi connectivity index (χ0v) is 18.5. The number of benzene rings is 2. The summed E-state index contributed by atoms with van der Waals surface area (Å²) in [4.78, 5) is 24.2. The number of nitro groups is 1. The van der Waals surface area contributed by atoms with Gasteiger partial charge in [-0.25, -0.2) is 10.1 Å². The maximum Gasteiger partial charge on any atom is 0.293 e. The van der Waals surface area contributed by atoms with Gasteiger partial charge in [-0.1, -0.05) is 35.0 Å². The van der Waals surface area contributed by atoms with Gasteiger partial charge in [0.2, 0.25) is 11.6 Å². The van der Waals surface area contributed by atoms with E-state index in [1.165, 1.54) is 40.9 Å². The predicted molar refractivity (Wildman–Crippen MR) is 123 cm³/mol. The van der Waals surface area contributed by atoms with E-state index in [0.717, 1.165) is 10.5 Å². The Kier molecular flexibility index (Phi) is 6.59. The van der Waals surface area contributed by atoms with Crippen LogP contribution in [0.2, 0.25) is 0 Å². The number of rotatable bonds is 8. The van der Waals surface area contributed by atoms with Crippen molar-refractivity contribution in [3.8, 4) is 5.82 Å². The van der Waals surface area contributed by atoms with Gasteiger partial charge in [0, 0.05) is 28.3 Å². The maximum absolute atomic E-state index is 12.8. The molecule has 4 aromatic rings. The number of hydrazone groups is 1. The lowest BCUT2D eigenvalue weighted by Crippen LogP contribution is -2.20. The first kappa shape index (κ1) is 22.6. The number of hydrogen-bond acceptors (Lipinski definition) is 11. The zero-order valence-electron chi connectivity index (χ0n) is 17.7. The molecule has 0 aliphatic heterocycles. The predicted octanol–water partition coefficient (Wildman–Crippen LogP) is 2.51. The van der Waals surface area contributed by atoms with Crippen LogP contribution < -0.4 is 11.2 Å². The highest BCUT2D eigenvalue weighted by Crippen LogP contribution is 2.26. The van der Waals surface area contributed by atoms with Gasteiger partial charge < -0.3 is 5.73 Å². The van der Waals surface area contributed by atoms with Crippen LogP contribution in [-0.2, 0) is 5.75 Å². The third kappa shape index (κ3) is 5.07. The van der Waals surface area contributed by atoms with Crippen molar-refractivity contribution in [2.45, 2.75) is 17.6 Å². The Bertz CT molecular complexity index is 1360. The van der Waals surface area contributed by atoms with E-state index in [1.807, 2.05) is 31.2 Å². The second-order valence-corrected chi connectivity index (χ2v) is 7.97. The minimum absolute atomic E-state index is 0.00166. The van der Waals surface area contributed by atoms with Crippen LogP contribution in [0, 0.1) is 17.0 Å². The van der Waals surface area contributed by atoms with Gasteiger partial charge in [-0.3, -0.25) is 14.9 Å². The zero-order chi connectivity index (χ0) is 24.1. The molecular formula is C20H17N9O4S. The lowest BCUT2D eigenvalue weighted by Gasteiger charge is -2.06. The fourth-order valence-electron chi connectivity index (χ4n) is 2.84. The molecule has 0 fully saturated rings. The van der Waals surface area contributed by atoms with Gasteiger partial charge in [-0.05, 0) is 29.4 Å². The Morgan fingerprint density at radius 2 is 2.09 bits per heavy atom. The van der Waals surface area contributed by atoms with Crippen molar-refractivity contribution < 1.29 is 14.3 Å². The topological polar surface area (TPSA) is 180 Å². The first-order chi connectivity index (χ1) is 16.4. The minimum atomic E-state index is -0.637. The normalized spacial score (nSPS) is 11.1. The summed E-state index contributed by atoms with van der Waals surface area (Å²) in [6.45, 7) is 1.99. The molecule has 3 N–H and O–H groups in total. The van der Waals surface area contributed by atoms with Gasteiger partial charge in [-0.2, -0.15) is 9.78 Å². The average molecular weight is 479 g/mol. The number of thioether (sulfide) groups is 1. The van der Waals surface area contributed by atoms with Crippen molar-refractivity contribution in [3.63, 3.8) is 0 Å². The SMILES string of the molecule is Cc1ccc(SCc2c(C(=O)N/N=C/c3cccc([N+](=O)[O-])c3)nnn2-c2nonc2N)cc1. The number of non-ortho nitro benzene ring substituents is 1. The van der Waals surface area contributed by atoms with Crippen LogP contribution in [-0.4, -0.2) is 42.4 Å². The highest BCUT2D eigenvalue weighted by Gasteiger charge is 2.24. The number of carbonyl (C=O) groups excluding carboxylic acids is 1. The Balaban J connectivity index is 1.56. The summed E-state index contributed by atoms with van der Waals surface area (Å²) in [7, 11) is 0. The van der Waals surface area contributed by atoms with Crippen LogP contribution >= 0.6 is 11.8 Å². The molecule has 1 amide bonds. The smallest absolute Gasteiger partial charge is 0.293 e. The number of nitrogen functional groups attached to an aromatic ring is 1. The minimum Gasteiger partial charge on any atom is -0.378 e. The fraction of sp³-hybridized carbons (Fsp3) is 0.100. The molecule has 0 aliphatic carbocycles. The largest absolute Gasteiger partial charge is 0.378 e. The molecule has 0 saturated carbocycles. The molecule has 4 rings (SSSR count). The van der Waals surface area contributed by atoms with Gasteiger partial charge >= 0.3 is 0 Å². The average Bonchev–Trinajstić information content (AvgIpc) is 3.44. The number of aromatic nitrogens is 5. The third-order valence-electron chi connectivity index (χ3n) is 4.53. The molecule has 0 atom stereocenters. The van der Waals surface area contributed by atoms with Crippen molar-refractivity contribution in [2.24, 2.45) is 5.10 Å². The molecule has 2 aromatic heterocycles. The molecule has 14 heteroatoms. The fourth-order valence-corrected chi connectivity index (χ4v) is 3.73. The van der Waals surface area contributed by atoms with E-state index in [0.29, 0.717) is 17.0 Å². The number of nitrogens with two attached hydrogens (primary N) is 1. The van der Waals surface area contributed by atoms with Crippen molar-refractivity contribution in [2.75, 3.05) is 5.73 Å². The number of aryl methyl sites for hydroxylation is 1. The summed E-state index contributed by atoms with van der Waals surface area (Å²) in [5, 5.41) is 30.0. The summed E-state index contributed by atoms with van der Waals surface area (Å²) in [6.07, 6.45) is 1.29. The Hall–Kier alpha value is -4.59. The summed E-state index contributed by atoms with van der Waals surface area (Å²) in [5.41, 5.74) is 10.0. The number of nitro benzene ring substituents is 1. The van der Waals surface area contributed by atoms with Crippen molar-refractivity contribution in [1.29, 1.82) is 0 Å². The second-order valence-electron chi connectivity index (χ2n) is 6.92. The summed E-state index contributed by atoms with van der Waals surface area (Å²) in [5.74, 6) is -0.240. The van der Waals surface area contributed by atoms with E-state index < -0.39 is 10.8 Å². The van der Waals surface area contributed by atoms with Gasteiger partial charge in [0.15, 0.2) is 5.69 Å². The molecule has 13 nitrogen and oxygen atoms in total. The van der Waals surface area contributed by atoms with E-state index in [1.54, 1.807) is 6.07 Å². The van der Waals surface area contributed by atoms with Crippen molar-refractivity contribution in [1.82, 2.24) is 30.7 Å². The van der Waals surface area contributed by atoms with E-state index in [2.05, 4.69) is 35.8 Å². The lowest BCUT2D eigenvalue weighted by molar-refractivity contribution is -0.384. The van der Waals surface area contributed by atoms with Gasteiger partial charge in [0.05, 0.1) is 16.8 Å². The van der Waals surface area contributed by atoms with Crippen LogP contribution in [0.15, 0.2) is 63.2 Å². The van der Waals surface area contributed by atoms with E-state index in [-0.39, 0.29) is 23.0 Å². The summed E-state index contributed by atoms with van der Waals surface area (Å²) < 4.78 is 5.93. The molecule has 172 valence electrons. The van der Waals surface area contributed by atoms with Crippen LogP contribution in [0.25, 0.3) is 5.82 Å². The van der Waals surface area contributed by atoms with Crippen LogP contribution in [0.3, 0.4) is 0 Å². The monoisotopic (exact) mass is 479 g/mol. The molecule has 0 bridgehead atoms. The molecule has 0 aliphatic rings. The Morgan fingerprint density at radius 3 is 2.79 bits per heavy atom. The van der Waals surface area contributed by atoms with E-state index in [9.17, 15) is 14.9 Å². The molecule has 34 heavy (non-hydrogen) atoms. The first-order valence-electron chi connectivity index (χ1n) is 9.72. The third-order valence-corrected chi connectivity index (χ3v) is 5.56. The summed E-state index contributed by atoms with van der Waals surface area (Å²) >= 11 is 1.46. The standard InChI is InChI=1S/C20H17N9O4S/c1-12-5-7-15(8-6-12)34-11-16-17(23-27-28(16)19-18(21)25-33-26-19)20(30)24-22-10-13-3-2-4-14(9-13)29(31)32/h2-10H,11H2,1H3,(H2,21,25)(H,24,30)/b22-10+. The van der Waals surface area contributed by atoms with Crippen molar-refractivity contribution in [3.05, 3.63) is 81.2 Å². The molecule has 2 aromatic carbocycles. The maximum atomic E-state index is 12.8. The first-order valence-corrected chi connectivity index (χ1v) is 10.7. The highest BCUT2D eigenvalue weighted by atomic mass is 32.2. The molecule has 0 radical (unpaired) electrons. The second kappa shape index (κ2) is 9.91. The molecular weight excluding hydrogens is 462 g/mol. The molecule has 0 spiro atoms. The number of carbonyl (C=O) groups is 1. The Morgan fingerprint density at radius 1 is 1.29 bits per heavy atom. The number of nitrogens with zero attached hydrogens (tertiary/aromatic N) is 7. The molecule has 0 saturated heterocycles. The van der Waals surface area contributed by atoms with E-state index in [4.69, 9.17) is 5.73 Å².